The van der Waals surface area contributed by atoms with E-state index in [-0.39, 0.29) is 31.1 Å². The smallest absolute Gasteiger partial charge is 0.327 e. The number of amides is 3. The zero-order chi connectivity index (χ0) is 10.7. The summed E-state index contributed by atoms with van der Waals surface area (Å²) in [6.45, 7) is 0.690. The molecule has 1 unspecified atom stereocenters. The van der Waals surface area contributed by atoms with Crippen LogP contribution in [0.3, 0.4) is 0 Å². The van der Waals surface area contributed by atoms with Gasteiger partial charge in [-0.2, -0.15) is 0 Å². The van der Waals surface area contributed by atoms with Crippen LogP contribution < -0.4 is 5.73 Å². The predicted octanol–water partition coefficient (Wildman–Crippen LogP) is -1.15. The summed E-state index contributed by atoms with van der Waals surface area (Å²) < 4.78 is 4.82. The van der Waals surface area contributed by atoms with E-state index in [4.69, 9.17) is 10.5 Å². The first-order valence-corrected chi connectivity index (χ1v) is 4.36. The summed E-state index contributed by atoms with van der Waals surface area (Å²) in [6.07, 6.45) is 0. The molecule has 1 fully saturated rings. The molecule has 2 N–H and O–H groups in total. The van der Waals surface area contributed by atoms with Gasteiger partial charge in [-0.3, -0.25) is 9.69 Å². The minimum Gasteiger partial charge on any atom is -0.383 e. The van der Waals surface area contributed by atoms with E-state index < -0.39 is 0 Å². The van der Waals surface area contributed by atoms with Crippen molar-refractivity contribution >= 4 is 11.9 Å². The van der Waals surface area contributed by atoms with Crippen molar-refractivity contribution in [1.29, 1.82) is 0 Å². The van der Waals surface area contributed by atoms with Crippen molar-refractivity contribution in [3.8, 4) is 0 Å². The Bertz CT molecular complexity index is 244. The number of carbonyl (C=O) groups is 2. The lowest BCUT2D eigenvalue weighted by molar-refractivity contribution is -0.125. The molecule has 6 nitrogen and oxygen atoms in total. The maximum Gasteiger partial charge on any atom is 0.327 e. The van der Waals surface area contributed by atoms with Crippen molar-refractivity contribution in [2.45, 2.75) is 6.04 Å². The van der Waals surface area contributed by atoms with Gasteiger partial charge in [0.1, 0.15) is 6.54 Å². The van der Waals surface area contributed by atoms with E-state index in [9.17, 15) is 9.59 Å². The fourth-order valence-electron chi connectivity index (χ4n) is 1.35. The third-order valence-corrected chi connectivity index (χ3v) is 2.03. The molecule has 0 aromatic rings. The molecule has 0 spiro atoms. The maximum absolute atomic E-state index is 11.4. The van der Waals surface area contributed by atoms with Gasteiger partial charge in [-0.05, 0) is 0 Å². The van der Waals surface area contributed by atoms with E-state index in [1.165, 1.54) is 12.0 Å². The SMILES string of the molecule is COCC(N)CN1C(=O)CN(C)C1=O. The van der Waals surface area contributed by atoms with Crippen LogP contribution in [0.25, 0.3) is 0 Å². The number of nitrogens with two attached hydrogens (primary N) is 1. The van der Waals surface area contributed by atoms with E-state index in [2.05, 4.69) is 0 Å². The topological polar surface area (TPSA) is 75.9 Å². The van der Waals surface area contributed by atoms with E-state index >= 15 is 0 Å². The van der Waals surface area contributed by atoms with Gasteiger partial charge < -0.3 is 15.4 Å². The Balaban J connectivity index is 2.51. The summed E-state index contributed by atoms with van der Waals surface area (Å²) in [4.78, 5) is 25.2. The van der Waals surface area contributed by atoms with Gasteiger partial charge in [-0.15, -0.1) is 0 Å². The molecule has 0 bridgehead atoms. The van der Waals surface area contributed by atoms with Crippen molar-refractivity contribution in [3.05, 3.63) is 0 Å². The first-order valence-electron chi connectivity index (χ1n) is 4.36. The van der Waals surface area contributed by atoms with Gasteiger partial charge in [-0.25, -0.2) is 4.79 Å². The van der Waals surface area contributed by atoms with Gasteiger partial charge in [0.2, 0.25) is 5.91 Å². The van der Waals surface area contributed by atoms with Crippen molar-refractivity contribution in [2.24, 2.45) is 5.73 Å². The molecule has 1 saturated heterocycles. The molecule has 0 radical (unpaired) electrons. The third kappa shape index (κ3) is 2.21. The van der Waals surface area contributed by atoms with Crippen LogP contribution in [0.4, 0.5) is 4.79 Å². The predicted molar refractivity (Wildman–Crippen MR) is 49.6 cm³/mol. The molecule has 0 aromatic carbocycles. The number of rotatable bonds is 4. The second-order valence-corrected chi connectivity index (χ2v) is 3.36. The molecule has 1 aliphatic heterocycles. The molecule has 0 aliphatic carbocycles. The molecule has 80 valence electrons. The van der Waals surface area contributed by atoms with Gasteiger partial charge in [0.25, 0.3) is 0 Å². The summed E-state index contributed by atoms with van der Waals surface area (Å²) in [6, 6.07) is -0.610. The maximum atomic E-state index is 11.4. The number of urea groups is 1. The molecule has 1 atom stereocenters. The Labute approximate surface area is 82.6 Å². The zero-order valence-electron chi connectivity index (χ0n) is 8.40. The quantitative estimate of drug-likeness (QED) is 0.583. The number of imide groups is 1. The molecular weight excluding hydrogens is 186 g/mol. The average molecular weight is 201 g/mol. The first-order chi connectivity index (χ1) is 6.56. The normalized spacial score (nSPS) is 19.4. The number of nitrogens with zero attached hydrogens (tertiary/aromatic N) is 2. The Morgan fingerprint density at radius 1 is 1.57 bits per heavy atom. The van der Waals surface area contributed by atoms with Gasteiger partial charge in [-0.1, -0.05) is 0 Å². The molecule has 14 heavy (non-hydrogen) atoms. The molecule has 0 saturated carbocycles. The van der Waals surface area contributed by atoms with Crippen LogP contribution in [0.2, 0.25) is 0 Å². The highest BCUT2D eigenvalue weighted by Crippen LogP contribution is 2.07. The number of methoxy groups -OCH3 is 1. The lowest BCUT2D eigenvalue weighted by atomic mass is 10.3. The molecule has 1 aliphatic rings. The van der Waals surface area contributed by atoms with E-state index in [1.807, 2.05) is 0 Å². The molecular formula is C8H15N3O3. The van der Waals surface area contributed by atoms with Crippen molar-refractivity contribution in [3.63, 3.8) is 0 Å². The van der Waals surface area contributed by atoms with Crippen LogP contribution in [0.5, 0.6) is 0 Å². The average Bonchev–Trinajstić information content (AvgIpc) is 2.33. The third-order valence-electron chi connectivity index (χ3n) is 2.03. The van der Waals surface area contributed by atoms with Crippen molar-refractivity contribution in [1.82, 2.24) is 9.80 Å². The standard InChI is InChI=1S/C8H15N3O3/c1-10-4-7(12)11(8(10)13)3-6(9)5-14-2/h6H,3-5,9H2,1-2H3. The summed E-state index contributed by atoms with van der Waals surface area (Å²) in [5.41, 5.74) is 5.64. The van der Waals surface area contributed by atoms with E-state index in [0.717, 1.165) is 4.90 Å². The van der Waals surface area contributed by atoms with Crippen LogP contribution in [-0.2, 0) is 9.53 Å². The first kappa shape index (κ1) is 10.9. The molecule has 3 amide bonds. The van der Waals surface area contributed by atoms with Gasteiger partial charge in [0, 0.05) is 26.7 Å². The van der Waals surface area contributed by atoms with Crippen LogP contribution in [0.1, 0.15) is 0 Å². The summed E-state index contributed by atoms with van der Waals surface area (Å²) >= 11 is 0. The Morgan fingerprint density at radius 2 is 2.21 bits per heavy atom. The number of ether oxygens (including phenoxy) is 1. The highest BCUT2D eigenvalue weighted by Gasteiger charge is 2.34. The van der Waals surface area contributed by atoms with Gasteiger partial charge in [0.05, 0.1) is 6.61 Å². The van der Waals surface area contributed by atoms with Crippen LogP contribution in [0.15, 0.2) is 0 Å². The number of likely N-dealkylation sites (N-methyl/N-ethyl adjacent to an activating group) is 1. The summed E-state index contributed by atoms with van der Waals surface area (Å²) in [7, 11) is 3.11. The summed E-state index contributed by atoms with van der Waals surface area (Å²) in [5.74, 6) is -0.205. The van der Waals surface area contributed by atoms with Gasteiger partial charge in [0.15, 0.2) is 0 Å². The van der Waals surface area contributed by atoms with Crippen LogP contribution in [0, 0.1) is 0 Å². The number of hydrogen-bond acceptors (Lipinski definition) is 4. The molecule has 1 heterocycles. The lowest BCUT2D eigenvalue weighted by Gasteiger charge is -2.18. The van der Waals surface area contributed by atoms with Gasteiger partial charge >= 0.3 is 6.03 Å². The Hall–Kier alpha value is -1.14. The van der Waals surface area contributed by atoms with Crippen LogP contribution in [-0.4, -0.2) is 61.6 Å². The number of carbonyl (C=O) groups excluding carboxylic acids is 2. The van der Waals surface area contributed by atoms with E-state index in [1.54, 1.807) is 7.05 Å². The Morgan fingerprint density at radius 3 is 2.64 bits per heavy atom. The highest BCUT2D eigenvalue weighted by atomic mass is 16.5. The van der Waals surface area contributed by atoms with E-state index in [0.29, 0.717) is 6.61 Å². The lowest BCUT2D eigenvalue weighted by Crippen LogP contribution is -2.43. The fraction of sp³-hybridized carbons (Fsp3) is 0.750. The molecule has 1 rings (SSSR count). The Kier molecular flexibility index (Phi) is 3.43. The second kappa shape index (κ2) is 4.39. The van der Waals surface area contributed by atoms with Crippen LogP contribution >= 0.6 is 0 Å². The number of hydrogen-bond donors (Lipinski definition) is 1. The zero-order valence-corrected chi connectivity index (χ0v) is 8.40. The van der Waals surface area contributed by atoms with Crippen molar-refractivity contribution in [2.75, 3.05) is 33.9 Å². The highest BCUT2D eigenvalue weighted by molar-refractivity contribution is 6.01. The summed E-state index contributed by atoms with van der Waals surface area (Å²) in [5, 5.41) is 0. The monoisotopic (exact) mass is 201 g/mol. The van der Waals surface area contributed by atoms with Crippen molar-refractivity contribution < 1.29 is 14.3 Å². The fourth-order valence-corrected chi connectivity index (χ4v) is 1.35. The molecule has 0 aromatic heterocycles. The molecule has 6 heteroatoms. The second-order valence-electron chi connectivity index (χ2n) is 3.36. The minimum atomic E-state index is -0.320. The minimum absolute atomic E-state index is 0.137. The largest absolute Gasteiger partial charge is 0.383 e.